The van der Waals surface area contributed by atoms with Gasteiger partial charge in [-0.2, -0.15) is 0 Å². The second-order valence-corrected chi connectivity index (χ2v) is 4.80. The van der Waals surface area contributed by atoms with Crippen molar-refractivity contribution in [3.05, 3.63) is 59.7 Å². The van der Waals surface area contributed by atoms with Gasteiger partial charge in [0.1, 0.15) is 0 Å². The van der Waals surface area contributed by atoms with E-state index < -0.39 is 6.10 Å². The normalized spacial score (nSPS) is 21.9. The van der Waals surface area contributed by atoms with Crippen LogP contribution in [0.5, 0.6) is 0 Å². The summed E-state index contributed by atoms with van der Waals surface area (Å²) in [5, 5.41) is 19.8. The lowest BCUT2D eigenvalue weighted by atomic mass is 9.90. The fourth-order valence-corrected chi connectivity index (χ4v) is 2.82. The van der Waals surface area contributed by atoms with Gasteiger partial charge < -0.3 is 10.2 Å². The third-order valence-electron chi connectivity index (χ3n) is 3.76. The molecule has 2 aromatic rings. The molecule has 0 saturated carbocycles. The van der Waals surface area contributed by atoms with Crippen molar-refractivity contribution < 1.29 is 10.2 Å². The first-order valence-corrected chi connectivity index (χ1v) is 6.27. The molecule has 2 nitrogen and oxygen atoms in total. The Morgan fingerprint density at radius 3 is 2.39 bits per heavy atom. The Balaban J connectivity index is 2.26. The molecule has 3 rings (SSSR count). The second-order valence-electron chi connectivity index (χ2n) is 4.80. The number of aliphatic hydroxyl groups is 2. The highest BCUT2D eigenvalue weighted by Gasteiger charge is 2.27. The van der Waals surface area contributed by atoms with Crippen LogP contribution in [0.4, 0.5) is 0 Å². The van der Waals surface area contributed by atoms with Crippen molar-refractivity contribution in [1.82, 2.24) is 0 Å². The van der Waals surface area contributed by atoms with Gasteiger partial charge in [0.15, 0.2) is 0 Å². The van der Waals surface area contributed by atoms with Crippen LogP contribution in [0.1, 0.15) is 17.0 Å². The van der Waals surface area contributed by atoms with Crippen LogP contribution in [0, 0.1) is 0 Å². The molecule has 0 aromatic heterocycles. The molecule has 92 valence electrons. The third-order valence-corrected chi connectivity index (χ3v) is 3.76. The van der Waals surface area contributed by atoms with Crippen molar-refractivity contribution in [3.8, 4) is 11.1 Å². The number of hydrogen-bond donors (Lipinski definition) is 2. The predicted molar refractivity (Wildman–Crippen MR) is 71.4 cm³/mol. The van der Waals surface area contributed by atoms with Crippen LogP contribution < -0.4 is 0 Å². The molecule has 0 amide bonds. The summed E-state index contributed by atoms with van der Waals surface area (Å²) in [5.41, 5.74) is 4.48. The molecule has 0 spiro atoms. The molecule has 1 aliphatic rings. The van der Waals surface area contributed by atoms with Crippen molar-refractivity contribution in [2.45, 2.75) is 18.4 Å². The average molecular weight is 240 g/mol. The Morgan fingerprint density at radius 1 is 0.944 bits per heavy atom. The van der Waals surface area contributed by atoms with Crippen LogP contribution in [0.15, 0.2) is 48.5 Å². The Bertz CT molecular complexity index is 563. The van der Waals surface area contributed by atoms with Crippen molar-refractivity contribution in [3.63, 3.8) is 0 Å². The van der Waals surface area contributed by atoms with Crippen LogP contribution in [0.25, 0.3) is 11.1 Å². The van der Waals surface area contributed by atoms with Gasteiger partial charge in [0.2, 0.25) is 0 Å². The van der Waals surface area contributed by atoms with Crippen LogP contribution in [-0.4, -0.2) is 22.9 Å². The zero-order chi connectivity index (χ0) is 12.5. The van der Waals surface area contributed by atoms with Crippen LogP contribution >= 0.6 is 0 Å². The molecule has 2 aromatic carbocycles. The van der Waals surface area contributed by atoms with E-state index in [1.165, 1.54) is 5.56 Å². The summed E-state index contributed by atoms with van der Waals surface area (Å²) < 4.78 is 0. The van der Waals surface area contributed by atoms with E-state index in [4.69, 9.17) is 0 Å². The van der Waals surface area contributed by atoms with Gasteiger partial charge in [-0.1, -0.05) is 48.5 Å². The number of benzene rings is 2. The maximum Gasteiger partial charge on any atom is 0.0671 e. The standard InChI is InChI=1S/C16H16O2/c17-10-15-14-8-4-3-7-13(14)12-6-2-1-5-11(12)9-16(15)18/h1-8,15-18H,9-10H2/t15-,16-/m0/s1. The lowest BCUT2D eigenvalue weighted by Crippen LogP contribution is -2.22. The minimum Gasteiger partial charge on any atom is -0.396 e. The van der Waals surface area contributed by atoms with E-state index in [-0.39, 0.29) is 12.5 Å². The molecular weight excluding hydrogens is 224 g/mol. The Hall–Kier alpha value is -1.64. The lowest BCUT2D eigenvalue weighted by Gasteiger charge is -2.20. The fourth-order valence-electron chi connectivity index (χ4n) is 2.82. The summed E-state index contributed by atoms with van der Waals surface area (Å²) in [6.45, 7) is -0.0217. The first-order chi connectivity index (χ1) is 8.81. The molecule has 2 heteroatoms. The highest BCUT2D eigenvalue weighted by molar-refractivity contribution is 5.72. The van der Waals surface area contributed by atoms with Crippen molar-refractivity contribution in [2.24, 2.45) is 0 Å². The molecule has 0 aliphatic heterocycles. The third kappa shape index (κ3) is 1.74. The predicted octanol–water partition coefficient (Wildman–Crippen LogP) is 2.35. The zero-order valence-electron chi connectivity index (χ0n) is 10.1. The molecular formula is C16H16O2. The smallest absolute Gasteiger partial charge is 0.0671 e. The second kappa shape index (κ2) is 4.56. The molecule has 0 unspecified atom stereocenters. The van der Waals surface area contributed by atoms with E-state index in [2.05, 4.69) is 18.2 Å². The number of aliphatic hydroxyl groups excluding tert-OH is 2. The largest absolute Gasteiger partial charge is 0.396 e. The Labute approximate surface area is 107 Å². The number of hydrogen-bond acceptors (Lipinski definition) is 2. The maximum atomic E-state index is 10.3. The molecule has 0 bridgehead atoms. The maximum absolute atomic E-state index is 10.3. The topological polar surface area (TPSA) is 40.5 Å². The van der Waals surface area contributed by atoms with Crippen molar-refractivity contribution >= 4 is 0 Å². The van der Waals surface area contributed by atoms with E-state index >= 15 is 0 Å². The van der Waals surface area contributed by atoms with E-state index in [0.717, 1.165) is 16.7 Å². The number of rotatable bonds is 1. The average Bonchev–Trinajstić information content (AvgIpc) is 2.52. The van der Waals surface area contributed by atoms with Gasteiger partial charge in [-0.05, 0) is 28.7 Å². The minimum absolute atomic E-state index is 0.0217. The van der Waals surface area contributed by atoms with Crippen LogP contribution in [0.3, 0.4) is 0 Å². The summed E-state index contributed by atoms with van der Waals surface area (Å²) in [6, 6.07) is 16.2. The van der Waals surface area contributed by atoms with Gasteiger partial charge in [0.25, 0.3) is 0 Å². The zero-order valence-corrected chi connectivity index (χ0v) is 10.1. The van der Waals surface area contributed by atoms with E-state index in [1.807, 2.05) is 30.3 Å². The van der Waals surface area contributed by atoms with E-state index in [9.17, 15) is 10.2 Å². The van der Waals surface area contributed by atoms with Gasteiger partial charge in [0.05, 0.1) is 12.7 Å². The first kappa shape index (κ1) is 11.5. The molecule has 0 radical (unpaired) electrons. The van der Waals surface area contributed by atoms with Gasteiger partial charge in [-0.25, -0.2) is 0 Å². The first-order valence-electron chi connectivity index (χ1n) is 6.27. The molecule has 0 heterocycles. The molecule has 0 fully saturated rings. The van der Waals surface area contributed by atoms with Crippen LogP contribution in [-0.2, 0) is 6.42 Å². The minimum atomic E-state index is -0.528. The van der Waals surface area contributed by atoms with Gasteiger partial charge in [-0.3, -0.25) is 0 Å². The SMILES string of the molecule is OC[C@H]1c2ccccc2-c2ccccc2C[C@@H]1O. The lowest BCUT2D eigenvalue weighted by molar-refractivity contribution is 0.108. The highest BCUT2D eigenvalue weighted by Crippen LogP contribution is 2.37. The van der Waals surface area contributed by atoms with Gasteiger partial charge >= 0.3 is 0 Å². The quantitative estimate of drug-likeness (QED) is 0.803. The monoisotopic (exact) mass is 240 g/mol. The fraction of sp³-hybridized carbons (Fsp3) is 0.250. The summed E-state index contributed by atoms with van der Waals surface area (Å²) in [7, 11) is 0. The summed E-state index contributed by atoms with van der Waals surface area (Å²) >= 11 is 0. The van der Waals surface area contributed by atoms with E-state index in [0.29, 0.717) is 6.42 Å². The van der Waals surface area contributed by atoms with E-state index in [1.54, 1.807) is 0 Å². The van der Waals surface area contributed by atoms with Gasteiger partial charge in [-0.15, -0.1) is 0 Å². The summed E-state index contributed by atoms with van der Waals surface area (Å²) in [5.74, 6) is -0.200. The molecule has 1 aliphatic carbocycles. The summed E-state index contributed by atoms with van der Waals surface area (Å²) in [4.78, 5) is 0. The van der Waals surface area contributed by atoms with Crippen molar-refractivity contribution in [2.75, 3.05) is 6.61 Å². The van der Waals surface area contributed by atoms with Crippen LogP contribution in [0.2, 0.25) is 0 Å². The highest BCUT2D eigenvalue weighted by atomic mass is 16.3. The number of fused-ring (bicyclic) bond motifs is 3. The van der Waals surface area contributed by atoms with Crippen molar-refractivity contribution in [1.29, 1.82) is 0 Å². The Morgan fingerprint density at radius 2 is 1.61 bits per heavy atom. The Kier molecular flexibility index (Phi) is 2.90. The molecule has 2 atom stereocenters. The summed E-state index contributed by atoms with van der Waals surface area (Å²) in [6.07, 6.45) is 0.0654. The molecule has 2 N–H and O–H groups in total. The van der Waals surface area contributed by atoms with Gasteiger partial charge in [0, 0.05) is 5.92 Å². The molecule has 0 saturated heterocycles. The molecule has 18 heavy (non-hydrogen) atoms.